The van der Waals surface area contributed by atoms with Gasteiger partial charge in [0.2, 0.25) is 0 Å². The van der Waals surface area contributed by atoms with Crippen molar-refractivity contribution in [1.29, 1.82) is 0 Å². The topological polar surface area (TPSA) is 63.7 Å². The summed E-state index contributed by atoms with van der Waals surface area (Å²) in [6.07, 6.45) is 0. The largest absolute Gasteiger partial charge is 0.497 e. The fourth-order valence-electron chi connectivity index (χ4n) is 4.12. The van der Waals surface area contributed by atoms with Gasteiger partial charge in [0.25, 0.3) is 5.91 Å². The van der Waals surface area contributed by atoms with Crippen LogP contribution in [0.15, 0.2) is 78.9 Å². The molecule has 0 bridgehead atoms. The van der Waals surface area contributed by atoms with Gasteiger partial charge in [-0.2, -0.15) is 0 Å². The molecule has 0 unspecified atom stereocenters. The van der Waals surface area contributed by atoms with E-state index in [1.807, 2.05) is 78.9 Å². The van der Waals surface area contributed by atoms with Crippen LogP contribution in [0.4, 0.5) is 11.4 Å². The number of carbonyl (C=O) groups excluding carboxylic acids is 1. The van der Waals surface area contributed by atoms with E-state index in [9.17, 15) is 4.79 Å². The van der Waals surface area contributed by atoms with Gasteiger partial charge in [0.15, 0.2) is 0 Å². The van der Waals surface area contributed by atoms with Gasteiger partial charge < -0.3 is 19.7 Å². The third kappa shape index (κ3) is 4.38. The number of para-hydroxylation sites is 3. The maximum absolute atomic E-state index is 13.5. The first-order chi connectivity index (χ1) is 16.2. The second kappa shape index (κ2) is 9.30. The molecule has 0 saturated carbocycles. The minimum Gasteiger partial charge on any atom is -0.497 e. The molecular formula is C27H25N3O3. The Morgan fingerprint density at radius 3 is 2.48 bits per heavy atom. The lowest BCUT2D eigenvalue weighted by molar-refractivity contribution is 0.102. The fraction of sp³-hybridized carbons (Fsp3) is 0.185. The van der Waals surface area contributed by atoms with Gasteiger partial charge in [0, 0.05) is 24.0 Å². The number of morpholine rings is 1. The van der Waals surface area contributed by atoms with Crippen LogP contribution in [0.3, 0.4) is 0 Å². The summed E-state index contributed by atoms with van der Waals surface area (Å²) in [6.45, 7) is 2.96. The van der Waals surface area contributed by atoms with Crippen molar-refractivity contribution in [3.05, 3.63) is 84.4 Å². The minimum atomic E-state index is -0.163. The molecule has 4 aromatic rings. The number of hydrogen-bond donors (Lipinski definition) is 1. The van der Waals surface area contributed by atoms with Crippen molar-refractivity contribution in [2.75, 3.05) is 43.6 Å². The zero-order valence-electron chi connectivity index (χ0n) is 18.5. The van der Waals surface area contributed by atoms with E-state index in [-0.39, 0.29) is 5.91 Å². The van der Waals surface area contributed by atoms with Crippen molar-refractivity contribution < 1.29 is 14.3 Å². The number of hydrogen-bond acceptors (Lipinski definition) is 5. The highest BCUT2D eigenvalue weighted by atomic mass is 16.5. The molecule has 1 N–H and O–H groups in total. The number of benzene rings is 3. The lowest BCUT2D eigenvalue weighted by Crippen LogP contribution is -2.36. The number of anilines is 2. The Bertz CT molecular complexity index is 1280. The Labute approximate surface area is 192 Å². The smallest absolute Gasteiger partial charge is 0.256 e. The molecule has 0 radical (unpaired) electrons. The molecule has 5 rings (SSSR count). The third-order valence-electron chi connectivity index (χ3n) is 5.85. The van der Waals surface area contributed by atoms with Crippen molar-refractivity contribution in [3.63, 3.8) is 0 Å². The molecule has 3 aromatic carbocycles. The fourth-order valence-corrected chi connectivity index (χ4v) is 4.12. The van der Waals surface area contributed by atoms with Gasteiger partial charge in [0.05, 0.1) is 48.5 Å². The van der Waals surface area contributed by atoms with Crippen molar-refractivity contribution in [1.82, 2.24) is 4.98 Å². The third-order valence-corrected chi connectivity index (χ3v) is 5.85. The SMILES string of the molecule is COc1ccc(-c2cc(C(=O)Nc3ccccc3N3CCOCC3)c3ccccc3n2)cc1. The van der Waals surface area contributed by atoms with Gasteiger partial charge in [-0.15, -0.1) is 0 Å². The van der Waals surface area contributed by atoms with Crippen molar-refractivity contribution in [3.8, 4) is 17.0 Å². The van der Waals surface area contributed by atoms with E-state index in [0.717, 1.165) is 52.4 Å². The number of nitrogens with zero attached hydrogens (tertiary/aromatic N) is 2. The van der Waals surface area contributed by atoms with Gasteiger partial charge in [-0.25, -0.2) is 4.98 Å². The normalized spacial score (nSPS) is 13.7. The van der Waals surface area contributed by atoms with Gasteiger partial charge in [-0.05, 0) is 48.5 Å². The van der Waals surface area contributed by atoms with Crippen LogP contribution < -0.4 is 15.0 Å². The van der Waals surface area contributed by atoms with E-state index in [1.165, 1.54) is 0 Å². The number of ether oxygens (including phenoxy) is 2. The summed E-state index contributed by atoms with van der Waals surface area (Å²) in [7, 11) is 1.64. The second-order valence-corrected chi connectivity index (χ2v) is 7.87. The monoisotopic (exact) mass is 439 g/mol. The molecule has 1 aliphatic heterocycles. The highest BCUT2D eigenvalue weighted by molar-refractivity contribution is 6.14. The Morgan fingerprint density at radius 2 is 1.70 bits per heavy atom. The molecule has 1 aromatic heterocycles. The van der Waals surface area contributed by atoms with E-state index in [2.05, 4.69) is 10.2 Å². The molecule has 1 aliphatic rings. The zero-order valence-corrected chi connectivity index (χ0v) is 18.5. The van der Waals surface area contributed by atoms with Crippen LogP contribution in [0.2, 0.25) is 0 Å². The Hall–Kier alpha value is -3.90. The quantitative estimate of drug-likeness (QED) is 0.474. The number of amides is 1. The molecule has 6 nitrogen and oxygen atoms in total. The van der Waals surface area contributed by atoms with Crippen molar-refractivity contribution in [2.45, 2.75) is 0 Å². The first-order valence-electron chi connectivity index (χ1n) is 11.0. The molecule has 6 heteroatoms. The summed E-state index contributed by atoms with van der Waals surface area (Å²) in [5.41, 5.74) is 4.81. The molecule has 2 heterocycles. The highest BCUT2D eigenvalue weighted by Crippen LogP contribution is 2.30. The summed E-state index contributed by atoms with van der Waals surface area (Å²) < 4.78 is 10.8. The van der Waals surface area contributed by atoms with E-state index in [0.29, 0.717) is 18.8 Å². The Morgan fingerprint density at radius 1 is 0.970 bits per heavy atom. The number of fused-ring (bicyclic) bond motifs is 1. The Balaban J connectivity index is 1.52. The van der Waals surface area contributed by atoms with Crippen molar-refractivity contribution >= 4 is 28.2 Å². The summed E-state index contributed by atoms with van der Waals surface area (Å²) in [5.74, 6) is 0.612. The average Bonchev–Trinajstić information content (AvgIpc) is 2.89. The summed E-state index contributed by atoms with van der Waals surface area (Å²) >= 11 is 0. The van der Waals surface area contributed by atoms with Crippen LogP contribution in [0.5, 0.6) is 5.75 Å². The van der Waals surface area contributed by atoms with Crippen LogP contribution in [0.1, 0.15) is 10.4 Å². The van der Waals surface area contributed by atoms with Gasteiger partial charge in [-0.3, -0.25) is 4.79 Å². The predicted octanol–water partition coefficient (Wildman–Crippen LogP) is 5.00. The second-order valence-electron chi connectivity index (χ2n) is 7.87. The van der Waals surface area contributed by atoms with Crippen molar-refractivity contribution in [2.24, 2.45) is 0 Å². The number of pyridine rings is 1. The van der Waals surface area contributed by atoms with Crippen LogP contribution in [0.25, 0.3) is 22.2 Å². The standard InChI is InChI=1S/C27H25N3O3/c1-32-20-12-10-19(11-13-20)25-18-22(21-6-2-3-7-23(21)28-25)27(31)29-24-8-4-5-9-26(24)30-14-16-33-17-15-30/h2-13,18H,14-17H2,1H3,(H,29,31). The summed E-state index contributed by atoms with van der Waals surface area (Å²) in [5, 5.41) is 3.96. The molecule has 0 atom stereocenters. The van der Waals surface area contributed by atoms with Crippen LogP contribution in [0, 0.1) is 0 Å². The maximum Gasteiger partial charge on any atom is 0.256 e. The minimum absolute atomic E-state index is 0.163. The zero-order chi connectivity index (χ0) is 22.6. The van der Waals surface area contributed by atoms with E-state index >= 15 is 0 Å². The van der Waals surface area contributed by atoms with Gasteiger partial charge in [-0.1, -0.05) is 30.3 Å². The van der Waals surface area contributed by atoms with E-state index < -0.39 is 0 Å². The molecule has 1 saturated heterocycles. The molecule has 0 aliphatic carbocycles. The summed E-state index contributed by atoms with van der Waals surface area (Å²) in [6, 6.07) is 25.2. The van der Waals surface area contributed by atoms with Gasteiger partial charge >= 0.3 is 0 Å². The van der Waals surface area contributed by atoms with Crippen LogP contribution in [-0.4, -0.2) is 44.3 Å². The highest BCUT2D eigenvalue weighted by Gasteiger charge is 2.18. The molecule has 1 amide bonds. The van der Waals surface area contributed by atoms with E-state index in [4.69, 9.17) is 14.5 Å². The first-order valence-corrected chi connectivity index (χ1v) is 11.0. The molecule has 1 fully saturated rings. The Kier molecular flexibility index (Phi) is 5.91. The number of aromatic nitrogens is 1. The molecule has 33 heavy (non-hydrogen) atoms. The number of nitrogens with one attached hydrogen (secondary N) is 1. The molecule has 0 spiro atoms. The molecule has 166 valence electrons. The number of rotatable bonds is 5. The number of carbonyl (C=O) groups is 1. The average molecular weight is 440 g/mol. The first kappa shape index (κ1) is 21.0. The number of methoxy groups -OCH3 is 1. The predicted molar refractivity (Wildman–Crippen MR) is 131 cm³/mol. The lowest BCUT2D eigenvalue weighted by atomic mass is 10.0. The summed E-state index contributed by atoms with van der Waals surface area (Å²) in [4.78, 5) is 20.6. The van der Waals surface area contributed by atoms with Gasteiger partial charge in [0.1, 0.15) is 5.75 Å². The van der Waals surface area contributed by atoms with Crippen LogP contribution >= 0.6 is 0 Å². The van der Waals surface area contributed by atoms with Crippen LogP contribution in [-0.2, 0) is 4.74 Å². The lowest BCUT2D eigenvalue weighted by Gasteiger charge is -2.30. The molecular weight excluding hydrogens is 414 g/mol. The van der Waals surface area contributed by atoms with E-state index in [1.54, 1.807) is 7.11 Å². The maximum atomic E-state index is 13.5.